The van der Waals surface area contributed by atoms with Gasteiger partial charge in [0.15, 0.2) is 0 Å². The number of amides is 3. The van der Waals surface area contributed by atoms with E-state index in [-0.39, 0.29) is 12.6 Å². The Morgan fingerprint density at radius 1 is 0.978 bits per heavy atom. The number of ether oxygens (including phenoxy) is 1. The van der Waals surface area contributed by atoms with Crippen molar-refractivity contribution >= 4 is 41.0 Å². The largest absolute Gasteiger partial charge is 0.493 e. The normalized spacial score (nSPS) is 18.8. The molecule has 2 aliphatic rings. The number of hydrogen-bond donors (Lipinski definition) is 1. The van der Waals surface area contributed by atoms with Crippen LogP contribution >= 0.6 is 23.2 Å². The molecule has 5 rings (SSSR count). The molecule has 2 atom stereocenters. The molecule has 1 fully saturated rings. The summed E-state index contributed by atoms with van der Waals surface area (Å²) in [7, 11) is 0. The van der Waals surface area contributed by atoms with Crippen molar-refractivity contribution in [2.75, 3.05) is 39.3 Å². The van der Waals surface area contributed by atoms with Gasteiger partial charge in [0.25, 0.3) is 0 Å². The van der Waals surface area contributed by atoms with Crippen LogP contribution in [0.2, 0.25) is 10.0 Å². The Labute approximate surface area is 273 Å². The van der Waals surface area contributed by atoms with Gasteiger partial charge in [-0.3, -0.25) is 19.6 Å². The summed E-state index contributed by atoms with van der Waals surface area (Å²) in [6, 6.07) is 21.7. The first-order chi connectivity index (χ1) is 21.5. The van der Waals surface area contributed by atoms with Gasteiger partial charge in [0.05, 0.1) is 36.2 Å². The molecule has 11 heteroatoms. The lowest BCUT2D eigenvalue weighted by Gasteiger charge is -2.38. The summed E-state index contributed by atoms with van der Waals surface area (Å²) in [4.78, 5) is 36.9. The number of carbonyl (C=O) groups is 2. The number of carbonyl (C=O) groups excluding carboxylic acids is 2. The Bertz CT molecular complexity index is 1630. The van der Waals surface area contributed by atoms with E-state index < -0.39 is 23.4 Å². The maximum atomic E-state index is 14.7. The molecule has 45 heavy (non-hydrogen) atoms. The minimum atomic E-state index is -0.750. The van der Waals surface area contributed by atoms with Gasteiger partial charge in [-0.25, -0.2) is 4.79 Å². The van der Waals surface area contributed by atoms with Crippen molar-refractivity contribution in [3.05, 3.63) is 99.0 Å². The number of rotatable bonds is 8. The Morgan fingerprint density at radius 2 is 1.58 bits per heavy atom. The van der Waals surface area contributed by atoms with Gasteiger partial charge in [0, 0.05) is 36.2 Å². The predicted octanol–water partition coefficient (Wildman–Crippen LogP) is 5.96. The molecular weight excluding hydrogens is 611 g/mol. The summed E-state index contributed by atoms with van der Waals surface area (Å²) < 4.78 is 6.14. The van der Waals surface area contributed by atoms with Crippen molar-refractivity contribution in [2.24, 2.45) is 10.7 Å². The summed E-state index contributed by atoms with van der Waals surface area (Å²) in [6.07, 6.45) is 0. The second-order valence-corrected chi connectivity index (χ2v) is 12.6. The summed E-state index contributed by atoms with van der Waals surface area (Å²) in [6.45, 7) is 8.00. The Hall–Kier alpha value is -4.10. The highest BCUT2D eigenvalue weighted by Gasteiger charge is 2.45. The van der Waals surface area contributed by atoms with E-state index in [1.807, 2.05) is 92.4 Å². The number of benzene rings is 3. The molecule has 2 heterocycles. The molecule has 2 N–H and O–H groups in total. The molecule has 0 unspecified atom stereocenters. The van der Waals surface area contributed by atoms with Gasteiger partial charge in [0.1, 0.15) is 17.6 Å². The van der Waals surface area contributed by atoms with E-state index in [2.05, 4.69) is 6.07 Å². The second kappa shape index (κ2) is 13.5. The number of piperazine rings is 1. The molecule has 234 valence electrons. The van der Waals surface area contributed by atoms with Gasteiger partial charge in [-0.1, -0.05) is 53.5 Å². The van der Waals surface area contributed by atoms with Gasteiger partial charge < -0.3 is 15.4 Å². The van der Waals surface area contributed by atoms with Crippen molar-refractivity contribution in [3.8, 4) is 11.8 Å². The van der Waals surface area contributed by atoms with E-state index in [0.29, 0.717) is 60.0 Å². The zero-order valence-electron chi connectivity index (χ0n) is 25.5. The quantitative estimate of drug-likeness (QED) is 0.324. The fourth-order valence-corrected chi connectivity index (χ4v) is 6.01. The molecule has 3 amide bonds. The Kier molecular flexibility index (Phi) is 9.68. The van der Waals surface area contributed by atoms with Crippen LogP contribution in [0, 0.1) is 11.3 Å². The van der Waals surface area contributed by atoms with Crippen molar-refractivity contribution in [3.63, 3.8) is 0 Å². The summed E-state index contributed by atoms with van der Waals surface area (Å²) >= 11 is 12.6. The number of nitriles is 1. The van der Waals surface area contributed by atoms with E-state index >= 15 is 0 Å². The number of urea groups is 1. The lowest BCUT2D eigenvalue weighted by atomic mass is 9.85. The second-order valence-electron chi connectivity index (χ2n) is 11.7. The van der Waals surface area contributed by atoms with Crippen LogP contribution in [-0.4, -0.2) is 71.8 Å². The molecule has 0 radical (unpaired) electrons. The highest BCUT2D eigenvalue weighted by Crippen LogP contribution is 2.46. The highest BCUT2D eigenvalue weighted by molar-refractivity contribution is 6.30. The first-order valence-corrected chi connectivity index (χ1v) is 15.6. The van der Waals surface area contributed by atoms with E-state index in [1.54, 1.807) is 9.80 Å². The van der Waals surface area contributed by atoms with Crippen LogP contribution in [0.25, 0.3) is 0 Å². The lowest BCUT2D eigenvalue weighted by molar-refractivity contribution is -0.119. The number of nitrogens with zero attached hydrogens (tertiary/aromatic N) is 5. The van der Waals surface area contributed by atoms with E-state index in [4.69, 9.17) is 38.7 Å². The number of nitrogens with two attached hydrogens (primary N) is 1. The average molecular weight is 648 g/mol. The van der Waals surface area contributed by atoms with Crippen LogP contribution in [0.1, 0.15) is 55.1 Å². The van der Waals surface area contributed by atoms with E-state index in [1.165, 1.54) is 0 Å². The third kappa shape index (κ3) is 6.94. The molecule has 3 aromatic rings. The topological polar surface area (TPSA) is 115 Å². The van der Waals surface area contributed by atoms with Crippen molar-refractivity contribution in [2.45, 2.75) is 38.3 Å². The predicted molar refractivity (Wildman–Crippen MR) is 176 cm³/mol. The minimum Gasteiger partial charge on any atom is -0.493 e. The molecule has 0 spiro atoms. The van der Waals surface area contributed by atoms with Gasteiger partial charge in [-0.15, -0.1) is 0 Å². The fraction of sp³-hybridized carbons (Fsp3) is 0.353. The third-order valence-corrected chi connectivity index (χ3v) is 8.75. The maximum absolute atomic E-state index is 14.7. The average Bonchev–Trinajstić information content (AvgIpc) is 3.42. The van der Waals surface area contributed by atoms with Gasteiger partial charge in [-0.2, -0.15) is 5.26 Å². The number of aliphatic imine (C=N–C) groups is 1. The van der Waals surface area contributed by atoms with Gasteiger partial charge >= 0.3 is 6.03 Å². The van der Waals surface area contributed by atoms with E-state index in [0.717, 1.165) is 16.7 Å². The maximum Gasteiger partial charge on any atom is 0.326 e. The van der Waals surface area contributed by atoms with Crippen LogP contribution in [0.15, 0.2) is 71.7 Å². The number of halogens is 2. The SMILES string of the molecule is CCOc1cc(C(C)(C)C#N)ccc1C1=N[C@@H](c2ccc(Cl)cc2)[C@@H](c2ccc(Cl)cc2)N1C(=O)N1CCN(CC(N)=O)CC1. The third-order valence-electron chi connectivity index (χ3n) is 8.24. The van der Waals surface area contributed by atoms with Crippen LogP contribution in [-0.2, 0) is 10.2 Å². The molecular formula is C34H36Cl2N6O3. The molecule has 1 saturated heterocycles. The fourth-order valence-electron chi connectivity index (χ4n) is 5.76. The van der Waals surface area contributed by atoms with Crippen molar-refractivity contribution in [1.82, 2.24) is 14.7 Å². The number of hydrogen-bond acceptors (Lipinski definition) is 6. The first kappa shape index (κ1) is 32.3. The van der Waals surface area contributed by atoms with Gasteiger partial charge in [-0.05, 0) is 73.9 Å². The monoisotopic (exact) mass is 646 g/mol. The number of amidine groups is 1. The molecule has 0 bridgehead atoms. The van der Waals surface area contributed by atoms with Crippen molar-refractivity contribution < 1.29 is 14.3 Å². The van der Waals surface area contributed by atoms with Gasteiger partial charge in [0.2, 0.25) is 5.91 Å². The Morgan fingerprint density at radius 3 is 2.13 bits per heavy atom. The lowest BCUT2D eigenvalue weighted by Crippen LogP contribution is -2.55. The molecule has 2 aliphatic heterocycles. The zero-order chi connectivity index (χ0) is 32.3. The molecule has 0 aromatic heterocycles. The van der Waals surface area contributed by atoms with E-state index in [9.17, 15) is 14.9 Å². The minimum absolute atomic E-state index is 0.146. The highest BCUT2D eigenvalue weighted by atomic mass is 35.5. The number of primary amides is 1. The standard InChI is InChI=1S/C34H36Cl2N6O3/c1-4-45-28-19-24(34(2,3)21-37)9-14-27(28)32-39-30(22-5-10-25(35)11-6-22)31(23-7-12-26(36)13-8-23)42(32)33(44)41-17-15-40(16-18-41)20-29(38)43/h5-14,19,30-31H,4,15-18,20H2,1-3H3,(H2,38,43)/t30-,31+/m0/s1. The van der Waals surface area contributed by atoms with Crippen LogP contribution in [0.3, 0.4) is 0 Å². The van der Waals surface area contributed by atoms with Crippen molar-refractivity contribution in [1.29, 1.82) is 5.26 Å². The van der Waals surface area contributed by atoms with Crippen LogP contribution < -0.4 is 10.5 Å². The summed E-state index contributed by atoms with van der Waals surface area (Å²) in [5, 5.41) is 11.0. The van der Waals surface area contributed by atoms with Crippen LogP contribution in [0.5, 0.6) is 5.75 Å². The first-order valence-electron chi connectivity index (χ1n) is 14.9. The molecule has 0 saturated carbocycles. The summed E-state index contributed by atoms with van der Waals surface area (Å²) in [5.41, 5.74) is 7.86. The van der Waals surface area contributed by atoms with Crippen LogP contribution in [0.4, 0.5) is 4.79 Å². The summed E-state index contributed by atoms with van der Waals surface area (Å²) in [5.74, 6) is 0.598. The smallest absolute Gasteiger partial charge is 0.326 e. The zero-order valence-corrected chi connectivity index (χ0v) is 27.1. The molecule has 9 nitrogen and oxygen atoms in total. The molecule has 3 aromatic carbocycles. The molecule has 0 aliphatic carbocycles. The Balaban J connectivity index is 1.65.